The Kier molecular flexibility index (Phi) is 3.83. The van der Waals surface area contributed by atoms with Gasteiger partial charge in [-0.15, -0.1) is 0 Å². The Balaban J connectivity index is 1.90. The first-order valence-corrected chi connectivity index (χ1v) is 9.14. The summed E-state index contributed by atoms with van der Waals surface area (Å²) in [5.74, 6) is 0.568. The minimum atomic E-state index is -0.180. The van der Waals surface area contributed by atoms with E-state index in [0.29, 0.717) is 32.2 Å². The number of carbonyl (C=O) groups excluding carboxylic acids is 1. The molecule has 0 unspecified atom stereocenters. The summed E-state index contributed by atoms with van der Waals surface area (Å²) >= 11 is 0. The molecule has 1 saturated heterocycles. The van der Waals surface area contributed by atoms with Crippen molar-refractivity contribution in [3.63, 3.8) is 0 Å². The lowest BCUT2D eigenvalue weighted by atomic mass is 10.1. The lowest BCUT2D eigenvalue weighted by molar-refractivity contribution is 0.0304. The van der Waals surface area contributed by atoms with Gasteiger partial charge in [0.25, 0.3) is 5.91 Å². The molecule has 3 heterocycles. The summed E-state index contributed by atoms with van der Waals surface area (Å²) in [6.07, 6.45) is 2.32. The quantitative estimate of drug-likeness (QED) is 0.842. The van der Waals surface area contributed by atoms with Crippen LogP contribution >= 0.6 is 0 Å². The van der Waals surface area contributed by atoms with Gasteiger partial charge in [0.05, 0.1) is 35.4 Å². The number of rotatable bonds is 2. The molecule has 0 spiro atoms. The molecule has 0 bridgehead atoms. The van der Waals surface area contributed by atoms with E-state index in [9.17, 15) is 4.79 Å². The Labute approximate surface area is 148 Å². The van der Waals surface area contributed by atoms with Crippen LogP contribution in [0.4, 0.5) is 0 Å². The molecule has 6 nitrogen and oxygen atoms in total. The number of nitrogens with zero attached hydrogens (tertiary/aromatic N) is 4. The summed E-state index contributed by atoms with van der Waals surface area (Å²) < 4.78 is 7.37. The average molecular weight is 342 g/mol. The first-order valence-electron chi connectivity index (χ1n) is 9.14. The fourth-order valence-corrected chi connectivity index (χ4v) is 3.47. The molecule has 1 amide bonds. The van der Waals surface area contributed by atoms with Gasteiger partial charge in [0.2, 0.25) is 0 Å². The summed E-state index contributed by atoms with van der Waals surface area (Å²) in [5.41, 5.74) is 3.32. The minimum absolute atomic E-state index is 0.0779. The molecule has 4 rings (SSSR count). The molecule has 6 heteroatoms. The normalized spacial score (nSPS) is 18.8. The molecule has 25 heavy (non-hydrogen) atoms. The molecule has 1 saturated carbocycles. The Morgan fingerprint density at radius 2 is 1.92 bits per heavy atom. The van der Waals surface area contributed by atoms with Gasteiger partial charge < -0.3 is 9.64 Å². The maximum absolute atomic E-state index is 13.2. The van der Waals surface area contributed by atoms with Crippen molar-refractivity contribution in [2.75, 3.05) is 26.3 Å². The Hall–Kier alpha value is -1.95. The van der Waals surface area contributed by atoms with Crippen LogP contribution in [0, 0.1) is 6.92 Å². The van der Waals surface area contributed by atoms with Gasteiger partial charge in [-0.25, -0.2) is 9.67 Å². The van der Waals surface area contributed by atoms with E-state index >= 15 is 0 Å². The topological polar surface area (TPSA) is 60.2 Å². The molecule has 134 valence electrons. The SMILES string of the molecule is Cc1nn(C(C)(C)C)c2nc(C3CC3)cc(C(=O)N3CCOCC3)c12. The highest BCUT2D eigenvalue weighted by Crippen LogP contribution is 2.41. The van der Waals surface area contributed by atoms with Gasteiger partial charge in [-0.2, -0.15) is 5.10 Å². The van der Waals surface area contributed by atoms with Crippen LogP contribution in [-0.4, -0.2) is 51.9 Å². The van der Waals surface area contributed by atoms with Gasteiger partial charge in [0.15, 0.2) is 5.65 Å². The zero-order valence-corrected chi connectivity index (χ0v) is 15.5. The molecule has 1 aliphatic carbocycles. The third-order valence-corrected chi connectivity index (χ3v) is 4.99. The van der Waals surface area contributed by atoms with E-state index in [0.717, 1.165) is 40.8 Å². The van der Waals surface area contributed by atoms with Crippen molar-refractivity contribution in [1.29, 1.82) is 0 Å². The number of hydrogen-bond acceptors (Lipinski definition) is 4. The summed E-state index contributed by atoms with van der Waals surface area (Å²) in [7, 11) is 0. The number of aryl methyl sites for hydroxylation is 1. The van der Waals surface area contributed by atoms with Gasteiger partial charge in [-0.1, -0.05) is 0 Å². The van der Waals surface area contributed by atoms with E-state index in [1.807, 2.05) is 22.6 Å². The predicted octanol–water partition coefficient (Wildman–Crippen LogP) is 2.84. The number of pyridine rings is 1. The standard InChI is InChI=1S/C19H26N4O2/c1-12-16-14(18(24)22-7-9-25-10-8-22)11-15(13-5-6-13)20-17(16)23(21-12)19(2,3)4/h11,13H,5-10H2,1-4H3. The molecular weight excluding hydrogens is 316 g/mol. The lowest BCUT2D eigenvalue weighted by Crippen LogP contribution is -2.40. The molecule has 0 N–H and O–H groups in total. The summed E-state index contributed by atoms with van der Waals surface area (Å²) in [5, 5.41) is 5.63. The van der Waals surface area contributed by atoms with Crippen molar-refractivity contribution in [1.82, 2.24) is 19.7 Å². The van der Waals surface area contributed by atoms with Crippen LogP contribution in [0.1, 0.15) is 61.3 Å². The van der Waals surface area contributed by atoms with E-state index in [-0.39, 0.29) is 11.4 Å². The van der Waals surface area contributed by atoms with Crippen molar-refractivity contribution in [3.05, 3.63) is 23.0 Å². The number of morpholine rings is 1. The molecule has 2 aromatic rings. The van der Waals surface area contributed by atoms with E-state index in [2.05, 4.69) is 20.8 Å². The van der Waals surface area contributed by atoms with E-state index in [1.54, 1.807) is 0 Å². The van der Waals surface area contributed by atoms with E-state index in [4.69, 9.17) is 14.8 Å². The monoisotopic (exact) mass is 342 g/mol. The van der Waals surface area contributed by atoms with Crippen molar-refractivity contribution in [2.24, 2.45) is 0 Å². The van der Waals surface area contributed by atoms with Crippen LogP contribution in [0.3, 0.4) is 0 Å². The van der Waals surface area contributed by atoms with Crippen LogP contribution < -0.4 is 0 Å². The first-order chi connectivity index (χ1) is 11.9. The molecule has 0 atom stereocenters. The van der Waals surface area contributed by atoms with Gasteiger partial charge in [-0.3, -0.25) is 4.79 Å². The van der Waals surface area contributed by atoms with E-state index in [1.165, 1.54) is 0 Å². The van der Waals surface area contributed by atoms with Gasteiger partial charge in [0.1, 0.15) is 0 Å². The maximum Gasteiger partial charge on any atom is 0.254 e. The van der Waals surface area contributed by atoms with Crippen molar-refractivity contribution in [3.8, 4) is 0 Å². The third kappa shape index (κ3) is 2.92. The third-order valence-electron chi connectivity index (χ3n) is 4.99. The number of fused-ring (bicyclic) bond motifs is 1. The number of hydrogen-bond donors (Lipinski definition) is 0. The molecule has 2 fully saturated rings. The molecule has 2 aliphatic rings. The van der Waals surface area contributed by atoms with Crippen LogP contribution in [-0.2, 0) is 10.3 Å². The van der Waals surface area contributed by atoms with Crippen LogP contribution in [0.5, 0.6) is 0 Å². The number of ether oxygens (including phenoxy) is 1. The summed E-state index contributed by atoms with van der Waals surface area (Å²) in [6.45, 7) is 10.8. The predicted molar refractivity (Wildman–Crippen MR) is 96.0 cm³/mol. The zero-order chi connectivity index (χ0) is 17.8. The van der Waals surface area contributed by atoms with Crippen molar-refractivity contribution >= 4 is 16.9 Å². The molecule has 1 aliphatic heterocycles. The highest BCUT2D eigenvalue weighted by Gasteiger charge is 2.31. The van der Waals surface area contributed by atoms with Gasteiger partial charge in [-0.05, 0) is 46.6 Å². The first kappa shape index (κ1) is 16.5. The van der Waals surface area contributed by atoms with Crippen LogP contribution in [0.25, 0.3) is 11.0 Å². The van der Waals surface area contributed by atoms with Gasteiger partial charge in [0, 0.05) is 24.7 Å². The number of amides is 1. The fourth-order valence-electron chi connectivity index (χ4n) is 3.47. The lowest BCUT2D eigenvalue weighted by Gasteiger charge is -2.27. The molecule has 0 radical (unpaired) electrons. The fraction of sp³-hybridized carbons (Fsp3) is 0.632. The zero-order valence-electron chi connectivity index (χ0n) is 15.5. The van der Waals surface area contributed by atoms with Crippen LogP contribution in [0.15, 0.2) is 6.07 Å². The molecule has 0 aromatic carbocycles. The Morgan fingerprint density at radius 1 is 1.24 bits per heavy atom. The maximum atomic E-state index is 13.2. The second-order valence-corrected chi connectivity index (χ2v) is 8.14. The molecular formula is C19H26N4O2. The van der Waals surface area contributed by atoms with Crippen molar-refractivity contribution < 1.29 is 9.53 Å². The van der Waals surface area contributed by atoms with Crippen molar-refractivity contribution in [2.45, 2.75) is 52.0 Å². The largest absolute Gasteiger partial charge is 0.378 e. The molecule has 2 aromatic heterocycles. The highest BCUT2D eigenvalue weighted by molar-refractivity contribution is 6.06. The Morgan fingerprint density at radius 3 is 2.52 bits per heavy atom. The minimum Gasteiger partial charge on any atom is -0.378 e. The second kappa shape index (κ2) is 5.80. The van der Waals surface area contributed by atoms with Crippen LogP contribution in [0.2, 0.25) is 0 Å². The highest BCUT2D eigenvalue weighted by atomic mass is 16.5. The van der Waals surface area contributed by atoms with Gasteiger partial charge >= 0.3 is 0 Å². The summed E-state index contributed by atoms with van der Waals surface area (Å²) in [6, 6.07) is 2.01. The van der Waals surface area contributed by atoms with E-state index < -0.39 is 0 Å². The Bertz CT molecular complexity index is 824. The summed E-state index contributed by atoms with van der Waals surface area (Å²) in [4.78, 5) is 20.0. The second-order valence-electron chi connectivity index (χ2n) is 8.14. The smallest absolute Gasteiger partial charge is 0.254 e. The number of carbonyl (C=O) groups is 1. The average Bonchev–Trinajstić information content (AvgIpc) is 3.37. The number of aromatic nitrogens is 3.